The summed E-state index contributed by atoms with van der Waals surface area (Å²) in [6, 6.07) is 2.46. The first kappa shape index (κ1) is 11.7. The van der Waals surface area contributed by atoms with E-state index in [-0.39, 0.29) is 5.41 Å². The molecule has 0 saturated heterocycles. The Hall–Kier alpha value is -0.360. The van der Waals surface area contributed by atoms with E-state index in [2.05, 4.69) is 13.0 Å². The van der Waals surface area contributed by atoms with Gasteiger partial charge >= 0.3 is 0 Å². The SMILES string of the molecule is CC1CCC(C#N)(CCS(C)=O)CC1. The van der Waals surface area contributed by atoms with Crippen molar-refractivity contribution in [2.24, 2.45) is 11.3 Å². The van der Waals surface area contributed by atoms with Crippen LogP contribution in [0.15, 0.2) is 0 Å². The molecule has 1 fully saturated rings. The lowest BCUT2D eigenvalue weighted by Crippen LogP contribution is -2.26. The highest BCUT2D eigenvalue weighted by Crippen LogP contribution is 2.40. The minimum absolute atomic E-state index is 0.155. The molecule has 0 amide bonds. The van der Waals surface area contributed by atoms with Crippen LogP contribution in [0.4, 0.5) is 0 Å². The van der Waals surface area contributed by atoms with Crippen LogP contribution in [0.25, 0.3) is 0 Å². The summed E-state index contributed by atoms with van der Waals surface area (Å²) in [6.45, 7) is 2.25. The predicted octanol–water partition coefficient (Wildman–Crippen LogP) is 2.48. The van der Waals surface area contributed by atoms with Crippen molar-refractivity contribution in [3.63, 3.8) is 0 Å². The molecule has 0 N–H and O–H groups in total. The van der Waals surface area contributed by atoms with Gasteiger partial charge in [0.05, 0.1) is 11.5 Å². The molecule has 1 saturated carbocycles. The highest BCUT2D eigenvalue weighted by atomic mass is 32.2. The van der Waals surface area contributed by atoms with Gasteiger partial charge in [-0.05, 0) is 38.0 Å². The molecule has 80 valence electrons. The van der Waals surface area contributed by atoms with Gasteiger partial charge in [0, 0.05) is 22.8 Å². The predicted molar refractivity (Wildman–Crippen MR) is 59.2 cm³/mol. The second-order valence-corrected chi connectivity index (χ2v) is 6.16. The van der Waals surface area contributed by atoms with Crippen molar-refractivity contribution >= 4 is 10.8 Å². The zero-order valence-electron chi connectivity index (χ0n) is 9.08. The van der Waals surface area contributed by atoms with Crippen LogP contribution >= 0.6 is 0 Å². The third-order valence-corrected chi connectivity index (χ3v) is 4.12. The molecule has 0 aromatic carbocycles. The molecule has 3 heteroatoms. The summed E-state index contributed by atoms with van der Waals surface area (Å²) in [6.07, 6.45) is 6.85. The normalized spacial score (nSPS) is 34.8. The van der Waals surface area contributed by atoms with Crippen molar-refractivity contribution in [2.75, 3.05) is 12.0 Å². The van der Waals surface area contributed by atoms with Gasteiger partial charge in [0.2, 0.25) is 0 Å². The number of nitrogens with zero attached hydrogens (tertiary/aromatic N) is 1. The number of hydrogen-bond acceptors (Lipinski definition) is 2. The first-order valence-electron chi connectivity index (χ1n) is 5.29. The molecule has 1 atom stereocenters. The Labute approximate surface area is 89.1 Å². The lowest BCUT2D eigenvalue weighted by molar-refractivity contribution is 0.214. The molecule has 0 aromatic heterocycles. The summed E-state index contributed by atoms with van der Waals surface area (Å²) in [4.78, 5) is 0. The van der Waals surface area contributed by atoms with Crippen LogP contribution < -0.4 is 0 Å². The summed E-state index contributed by atoms with van der Waals surface area (Å²) in [5, 5.41) is 9.19. The summed E-state index contributed by atoms with van der Waals surface area (Å²) in [5.74, 6) is 1.45. The van der Waals surface area contributed by atoms with Gasteiger partial charge < -0.3 is 0 Å². The molecule has 1 aliphatic carbocycles. The fraction of sp³-hybridized carbons (Fsp3) is 0.909. The third kappa shape index (κ3) is 3.09. The highest BCUT2D eigenvalue weighted by Gasteiger charge is 2.33. The van der Waals surface area contributed by atoms with Crippen LogP contribution in [0.5, 0.6) is 0 Å². The van der Waals surface area contributed by atoms with Crippen molar-refractivity contribution < 1.29 is 4.21 Å². The Morgan fingerprint density at radius 1 is 1.50 bits per heavy atom. The quantitative estimate of drug-likeness (QED) is 0.722. The first-order valence-corrected chi connectivity index (χ1v) is 7.02. The van der Waals surface area contributed by atoms with E-state index in [1.165, 1.54) is 0 Å². The second kappa shape index (κ2) is 4.93. The number of rotatable bonds is 3. The van der Waals surface area contributed by atoms with Crippen LogP contribution in [0.3, 0.4) is 0 Å². The molecule has 0 aliphatic heterocycles. The Kier molecular flexibility index (Phi) is 4.12. The fourth-order valence-electron chi connectivity index (χ4n) is 2.07. The minimum Gasteiger partial charge on any atom is -0.260 e. The molecular weight excluding hydrogens is 194 g/mol. The molecule has 0 radical (unpaired) electrons. The smallest absolute Gasteiger partial charge is 0.0690 e. The lowest BCUT2D eigenvalue weighted by Gasteiger charge is -2.33. The number of hydrogen-bond donors (Lipinski definition) is 0. The highest BCUT2D eigenvalue weighted by molar-refractivity contribution is 7.84. The lowest BCUT2D eigenvalue weighted by atomic mass is 9.70. The van der Waals surface area contributed by atoms with Gasteiger partial charge in [0.25, 0.3) is 0 Å². The van der Waals surface area contributed by atoms with Gasteiger partial charge in [-0.1, -0.05) is 6.92 Å². The van der Waals surface area contributed by atoms with Gasteiger partial charge in [-0.2, -0.15) is 5.26 Å². The molecule has 1 rings (SSSR count). The topological polar surface area (TPSA) is 40.9 Å². The zero-order chi connectivity index (χ0) is 10.6. The van der Waals surface area contributed by atoms with Gasteiger partial charge in [-0.25, -0.2) is 0 Å². The van der Waals surface area contributed by atoms with E-state index < -0.39 is 10.8 Å². The fourth-order valence-corrected chi connectivity index (χ4v) is 2.75. The van der Waals surface area contributed by atoms with Gasteiger partial charge in [0.15, 0.2) is 0 Å². The van der Waals surface area contributed by atoms with E-state index in [1.54, 1.807) is 6.26 Å². The molecular formula is C11H19NOS. The zero-order valence-corrected chi connectivity index (χ0v) is 9.90. The monoisotopic (exact) mass is 213 g/mol. The van der Waals surface area contributed by atoms with E-state index in [0.717, 1.165) is 38.0 Å². The molecule has 0 aromatic rings. The van der Waals surface area contributed by atoms with Crippen molar-refractivity contribution in [3.05, 3.63) is 0 Å². The van der Waals surface area contributed by atoms with E-state index in [4.69, 9.17) is 0 Å². The van der Waals surface area contributed by atoms with E-state index >= 15 is 0 Å². The number of nitriles is 1. The van der Waals surface area contributed by atoms with Crippen molar-refractivity contribution in [2.45, 2.75) is 39.0 Å². The van der Waals surface area contributed by atoms with E-state index in [9.17, 15) is 9.47 Å². The summed E-state index contributed by atoms with van der Waals surface area (Å²) < 4.78 is 11.0. The molecule has 0 bridgehead atoms. The molecule has 1 unspecified atom stereocenters. The van der Waals surface area contributed by atoms with Gasteiger partial charge in [0.1, 0.15) is 0 Å². The Bertz CT molecular complexity index is 249. The first-order chi connectivity index (χ1) is 6.58. The second-order valence-electron chi connectivity index (χ2n) is 4.60. The van der Waals surface area contributed by atoms with Crippen LogP contribution in [-0.4, -0.2) is 16.2 Å². The summed E-state index contributed by atoms with van der Waals surface area (Å²) in [5.41, 5.74) is -0.155. The van der Waals surface area contributed by atoms with Crippen molar-refractivity contribution in [3.8, 4) is 6.07 Å². The van der Waals surface area contributed by atoms with Crippen LogP contribution in [0.1, 0.15) is 39.0 Å². The van der Waals surface area contributed by atoms with Gasteiger partial charge in [-0.3, -0.25) is 4.21 Å². The molecule has 0 spiro atoms. The van der Waals surface area contributed by atoms with E-state index in [1.807, 2.05) is 0 Å². The van der Waals surface area contributed by atoms with Crippen LogP contribution in [0.2, 0.25) is 0 Å². The largest absolute Gasteiger partial charge is 0.260 e. The van der Waals surface area contributed by atoms with Gasteiger partial charge in [-0.15, -0.1) is 0 Å². The standard InChI is InChI=1S/C11H19NOS/c1-10-3-5-11(9-12,6-4-10)7-8-14(2)13/h10H,3-8H2,1-2H3. The Morgan fingerprint density at radius 2 is 2.07 bits per heavy atom. The summed E-state index contributed by atoms with van der Waals surface area (Å²) >= 11 is 0. The average molecular weight is 213 g/mol. The molecule has 0 heterocycles. The summed E-state index contributed by atoms with van der Waals surface area (Å²) in [7, 11) is -0.755. The van der Waals surface area contributed by atoms with Crippen molar-refractivity contribution in [1.29, 1.82) is 5.26 Å². The molecule has 14 heavy (non-hydrogen) atoms. The third-order valence-electron chi connectivity index (χ3n) is 3.34. The average Bonchev–Trinajstić information content (AvgIpc) is 2.18. The maximum Gasteiger partial charge on any atom is 0.0690 e. The Morgan fingerprint density at radius 3 is 2.50 bits per heavy atom. The maximum atomic E-state index is 11.0. The van der Waals surface area contributed by atoms with Crippen LogP contribution in [-0.2, 0) is 10.8 Å². The molecule has 2 nitrogen and oxygen atoms in total. The Balaban J connectivity index is 2.51. The van der Waals surface area contributed by atoms with Crippen LogP contribution in [0, 0.1) is 22.7 Å². The van der Waals surface area contributed by atoms with E-state index in [0.29, 0.717) is 5.75 Å². The van der Waals surface area contributed by atoms with Crippen molar-refractivity contribution in [1.82, 2.24) is 0 Å². The maximum absolute atomic E-state index is 11.0. The minimum atomic E-state index is -0.755. The molecule has 1 aliphatic rings.